The van der Waals surface area contributed by atoms with E-state index in [1.165, 1.54) is 0 Å². The summed E-state index contributed by atoms with van der Waals surface area (Å²) < 4.78 is 5.61. The van der Waals surface area contributed by atoms with Gasteiger partial charge >= 0.3 is 0 Å². The second-order valence-electron chi connectivity index (χ2n) is 4.43. The molecule has 0 saturated carbocycles. The largest absolute Gasteiger partial charge is 0.494 e. The molecule has 1 rings (SSSR count). The van der Waals surface area contributed by atoms with Crippen molar-refractivity contribution in [3.8, 4) is 5.75 Å². The van der Waals surface area contributed by atoms with Crippen molar-refractivity contribution in [1.82, 2.24) is 4.90 Å². The second-order valence-corrected chi connectivity index (χ2v) is 4.84. The number of aryl methyl sites for hydroxylation is 1. The average Bonchev–Trinajstić information content (AvgIpc) is 2.40. The summed E-state index contributed by atoms with van der Waals surface area (Å²) in [6.45, 7) is 8.02. The van der Waals surface area contributed by atoms with Gasteiger partial charge in [0.05, 0.1) is 6.61 Å². The van der Waals surface area contributed by atoms with E-state index in [-0.39, 0.29) is 5.91 Å². The van der Waals surface area contributed by atoms with Gasteiger partial charge in [0, 0.05) is 24.5 Å². The summed E-state index contributed by atoms with van der Waals surface area (Å²) in [6, 6.07) is 5.59. The summed E-state index contributed by atoms with van der Waals surface area (Å²) in [5.41, 5.74) is 0.999. The molecule has 19 heavy (non-hydrogen) atoms. The number of benzene rings is 1. The van der Waals surface area contributed by atoms with Crippen LogP contribution in [0.5, 0.6) is 5.75 Å². The fraction of sp³-hybridized carbons (Fsp3) is 0.533. The molecule has 1 aromatic rings. The van der Waals surface area contributed by atoms with Crippen molar-refractivity contribution in [1.29, 1.82) is 0 Å². The molecule has 0 spiro atoms. The Morgan fingerprint density at radius 3 is 2.58 bits per heavy atom. The van der Waals surface area contributed by atoms with Crippen LogP contribution in [-0.4, -0.2) is 30.5 Å². The van der Waals surface area contributed by atoms with Gasteiger partial charge in [0.15, 0.2) is 0 Å². The summed E-state index contributed by atoms with van der Waals surface area (Å²) in [5, 5.41) is 0.740. The molecule has 106 valence electrons. The minimum Gasteiger partial charge on any atom is -0.494 e. The highest BCUT2D eigenvalue weighted by atomic mass is 35.5. The predicted octanol–water partition coefficient (Wildman–Crippen LogP) is 3.68. The molecule has 0 radical (unpaired) electrons. The Labute approximate surface area is 120 Å². The van der Waals surface area contributed by atoms with Crippen molar-refractivity contribution in [3.63, 3.8) is 0 Å². The van der Waals surface area contributed by atoms with Crippen LogP contribution in [0, 0.1) is 6.92 Å². The fourth-order valence-electron chi connectivity index (χ4n) is 1.85. The number of halogens is 1. The first-order valence-corrected chi connectivity index (χ1v) is 7.13. The molecule has 0 atom stereocenters. The standard InChI is InChI=1S/C15H22ClNO2/c1-4-17(5-2)15(18)7-6-10-19-13-8-9-14(16)12(3)11-13/h8-9,11H,4-7,10H2,1-3H3. The lowest BCUT2D eigenvalue weighted by molar-refractivity contribution is -0.131. The summed E-state index contributed by atoms with van der Waals surface area (Å²) in [7, 11) is 0. The van der Waals surface area contributed by atoms with Gasteiger partial charge in [-0.05, 0) is 51.0 Å². The van der Waals surface area contributed by atoms with Gasteiger partial charge in [-0.1, -0.05) is 11.6 Å². The Hall–Kier alpha value is -1.22. The molecule has 0 fully saturated rings. The van der Waals surface area contributed by atoms with E-state index in [1.807, 2.05) is 43.9 Å². The number of rotatable bonds is 7. The van der Waals surface area contributed by atoms with Gasteiger partial charge in [-0.25, -0.2) is 0 Å². The van der Waals surface area contributed by atoms with Crippen molar-refractivity contribution >= 4 is 17.5 Å². The third-order valence-corrected chi connectivity index (χ3v) is 3.47. The number of hydrogen-bond donors (Lipinski definition) is 0. The van der Waals surface area contributed by atoms with Crippen molar-refractivity contribution in [2.45, 2.75) is 33.6 Å². The van der Waals surface area contributed by atoms with Crippen LogP contribution >= 0.6 is 11.6 Å². The Balaban J connectivity index is 2.31. The van der Waals surface area contributed by atoms with Gasteiger partial charge in [-0.2, -0.15) is 0 Å². The van der Waals surface area contributed by atoms with E-state index in [4.69, 9.17) is 16.3 Å². The van der Waals surface area contributed by atoms with Gasteiger partial charge in [0.1, 0.15) is 5.75 Å². The normalized spacial score (nSPS) is 10.3. The number of amides is 1. The number of ether oxygens (including phenoxy) is 1. The fourth-order valence-corrected chi connectivity index (χ4v) is 1.97. The molecule has 4 heteroatoms. The Morgan fingerprint density at radius 1 is 1.32 bits per heavy atom. The maximum atomic E-state index is 11.8. The van der Waals surface area contributed by atoms with E-state index < -0.39 is 0 Å². The van der Waals surface area contributed by atoms with Crippen molar-refractivity contribution in [3.05, 3.63) is 28.8 Å². The Morgan fingerprint density at radius 2 is 2.00 bits per heavy atom. The lowest BCUT2D eigenvalue weighted by atomic mass is 10.2. The monoisotopic (exact) mass is 283 g/mol. The van der Waals surface area contributed by atoms with Crippen LogP contribution in [0.2, 0.25) is 5.02 Å². The summed E-state index contributed by atoms with van der Waals surface area (Å²) in [5.74, 6) is 0.998. The SMILES string of the molecule is CCN(CC)C(=O)CCCOc1ccc(Cl)c(C)c1. The van der Waals surface area contributed by atoms with Crippen molar-refractivity contribution in [2.75, 3.05) is 19.7 Å². The second kappa shape index (κ2) is 8.05. The van der Waals surface area contributed by atoms with Gasteiger partial charge in [-0.15, -0.1) is 0 Å². The lowest BCUT2D eigenvalue weighted by Crippen LogP contribution is -2.30. The quantitative estimate of drug-likeness (QED) is 0.715. The predicted molar refractivity (Wildman–Crippen MR) is 78.8 cm³/mol. The third kappa shape index (κ3) is 5.11. The molecule has 0 saturated heterocycles. The van der Waals surface area contributed by atoms with Crippen LogP contribution in [-0.2, 0) is 4.79 Å². The molecule has 0 N–H and O–H groups in total. The highest BCUT2D eigenvalue weighted by Gasteiger charge is 2.08. The first-order valence-electron chi connectivity index (χ1n) is 6.75. The zero-order chi connectivity index (χ0) is 14.3. The van der Waals surface area contributed by atoms with Crippen LogP contribution < -0.4 is 4.74 Å². The zero-order valence-electron chi connectivity index (χ0n) is 11.9. The minimum absolute atomic E-state index is 0.195. The number of carbonyl (C=O) groups excluding carboxylic acids is 1. The van der Waals surface area contributed by atoms with E-state index in [9.17, 15) is 4.79 Å². The average molecular weight is 284 g/mol. The van der Waals surface area contributed by atoms with Crippen LogP contribution in [0.4, 0.5) is 0 Å². The molecule has 0 aromatic heterocycles. The molecule has 0 aliphatic rings. The van der Waals surface area contributed by atoms with Crippen LogP contribution in [0.1, 0.15) is 32.3 Å². The van der Waals surface area contributed by atoms with Crippen LogP contribution in [0.15, 0.2) is 18.2 Å². The highest BCUT2D eigenvalue weighted by molar-refractivity contribution is 6.31. The van der Waals surface area contributed by atoms with Gasteiger partial charge < -0.3 is 9.64 Å². The topological polar surface area (TPSA) is 29.5 Å². The lowest BCUT2D eigenvalue weighted by Gasteiger charge is -2.18. The van der Waals surface area contributed by atoms with Gasteiger partial charge in [-0.3, -0.25) is 4.79 Å². The van der Waals surface area contributed by atoms with Gasteiger partial charge in [0.25, 0.3) is 0 Å². The van der Waals surface area contributed by atoms with E-state index in [1.54, 1.807) is 0 Å². The summed E-state index contributed by atoms with van der Waals surface area (Å²) in [6.07, 6.45) is 1.27. The summed E-state index contributed by atoms with van der Waals surface area (Å²) in [4.78, 5) is 13.6. The first kappa shape index (κ1) is 15.8. The van der Waals surface area contributed by atoms with E-state index >= 15 is 0 Å². The van der Waals surface area contributed by atoms with Crippen molar-refractivity contribution in [2.24, 2.45) is 0 Å². The maximum Gasteiger partial charge on any atom is 0.222 e. The number of hydrogen-bond acceptors (Lipinski definition) is 2. The molecule has 0 bridgehead atoms. The molecule has 1 amide bonds. The van der Waals surface area contributed by atoms with Crippen molar-refractivity contribution < 1.29 is 9.53 Å². The molecule has 0 aliphatic carbocycles. The minimum atomic E-state index is 0.195. The summed E-state index contributed by atoms with van der Waals surface area (Å²) >= 11 is 5.94. The highest BCUT2D eigenvalue weighted by Crippen LogP contribution is 2.21. The molecular weight excluding hydrogens is 262 g/mol. The maximum absolute atomic E-state index is 11.8. The van der Waals surface area contributed by atoms with Gasteiger partial charge in [0.2, 0.25) is 5.91 Å². The Bertz CT molecular complexity index is 417. The zero-order valence-corrected chi connectivity index (χ0v) is 12.7. The van der Waals surface area contributed by atoms with E-state index in [2.05, 4.69) is 0 Å². The smallest absolute Gasteiger partial charge is 0.222 e. The molecule has 0 unspecified atom stereocenters. The third-order valence-electron chi connectivity index (χ3n) is 3.05. The van der Waals surface area contributed by atoms with E-state index in [0.717, 1.165) is 35.8 Å². The van der Waals surface area contributed by atoms with Crippen LogP contribution in [0.3, 0.4) is 0 Å². The van der Waals surface area contributed by atoms with E-state index in [0.29, 0.717) is 13.0 Å². The van der Waals surface area contributed by atoms with Crippen LogP contribution in [0.25, 0.3) is 0 Å². The molecule has 3 nitrogen and oxygen atoms in total. The molecule has 1 aromatic carbocycles. The Kier molecular flexibility index (Phi) is 6.71. The number of carbonyl (C=O) groups is 1. The first-order chi connectivity index (χ1) is 9.08. The molecule has 0 aliphatic heterocycles. The molecule has 0 heterocycles. The molecular formula is C15H22ClNO2. The number of nitrogens with zero attached hydrogens (tertiary/aromatic N) is 1.